The molecule has 0 aromatic heterocycles. The average molecular weight is 198 g/mol. The van der Waals surface area contributed by atoms with Crippen molar-refractivity contribution in [3.8, 4) is 0 Å². The van der Waals surface area contributed by atoms with Crippen LogP contribution in [0.25, 0.3) is 0 Å². The number of rotatable bonds is 3. The van der Waals surface area contributed by atoms with Crippen molar-refractivity contribution in [2.45, 2.75) is 45.6 Å². The van der Waals surface area contributed by atoms with Crippen LogP contribution in [0.1, 0.15) is 40.0 Å². The molecule has 0 aliphatic heterocycles. The summed E-state index contributed by atoms with van der Waals surface area (Å²) in [6.07, 6.45) is 2.13. The van der Waals surface area contributed by atoms with Gasteiger partial charge in [-0.05, 0) is 26.2 Å². The second-order valence-corrected chi connectivity index (χ2v) is 4.41. The Balaban J connectivity index is 2.91. The predicted octanol–water partition coefficient (Wildman–Crippen LogP) is 1.33. The molecule has 0 spiro atoms. The summed E-state index contributed by atoms with van der Waals surface area (Å²) in [4.78, 5) is 22.9. The molecule has 0 heterocycles. The second kappa shape index (κ2) is 3.81. The molecule has 1 aliphatic carbocycles. The van der Waals surface area contributed by atoms with Gasteiger partial charge >= 0.3 is 0 Å². The minimum Gasteiger partial charge on any atom is -0.382 e. The van der Waals surface area contributed by atoms with Crippen LogP contribution in [0.5, 0.6) is 0 Å². The monoisotopic (exact) mass is 198 g/mol. The maximum Gasteiger partial charge on any atom is 0.165 e. The molecule has 0 radical (unpaired) electrons. The third kappa shape index (κ3) is 1.73. The highest BCUT2D eigenvalue weighted by atomic mass is 16.3. The Morgan fingerprint density at radius 3 is 2.64 bits per heavy atom. The van der Waals surface area contributed by atoms with Crippen LogP contribution in [0.3, 0.4) is 0 Å². The zero-order valence-corrected chi connectivity index (χ0v) is 9.04. The van der Waals surface area contributed by atoms with E-state index >= 15 is 0 Å². The van der Waals surface area contributed by atoms with E-state index < -0.39 is 11.5 Å². The van der Waals surface area contributed by atoms with Gasteiger partial charge in [0.2, 0.25) is 0 Å². The number of hydrogen-bond donors (Lipinski definition) is 1. The van der Waals surface area contributed by atoms with Crippen LogP contribution in [0, 0.1) is 11.8 Å². The van der Waals surface area contributed by atoms with Gasteiger partial charge in [-0.2, -0.15) is 0 Å². The summed E-state index contributed by atoms with van der Waals surface area (Å²) in [6, 6.07) is 0. The topological polar surface area (TPSA) is 54.4 Å². The van der Waals surface area contributed by atoms with Crippen LogP contribution in [-0.2, 0) is 9.59 Å². The van der Waals surface area contributed by atoms with Gasteiger partial charge in [0.25, 0.3) is 0 Å². The van der Waals surface area contributed by atoms with Crippen molar-refractivity contribution in [1.29, 1.82) is 0 Å². The van der Waals surface area contributed by atoms with Gasteiger partial charge in [0, 0.05) is 6.42 Å². The van der Waals surface area contributed by atoms with Gasteiger partial charge in [0.15, 0.2) is 5.78 Å². The smallest absolute Gasteiger partial charge is 0.165 e. The Labute approximate surface area is 84.5 Å². The van der Waals surface area contributed by atoms with E-state index in [4.69, 9.17) is 0 Å². The molecule has 0 saturated heterocycles. The van der Waals surface area contributed by atoms with Crippen LogP contribution in [-0.4, -0.2) is 22.3 Å². The molecule has 1 aliphatic rings. The highest BCUT2D eigenvalue weighted by molar-refractivity contribution is 5.97. The number of hydrogen-bond acceptors (Lipinski definition) is 3. The lowest BCUT2D eigenvalue weighted by molar-refractivity contribution is -0.141. The van der Waals surface area contributed by atoms with E-state index in [0.29, 0.717) is 6.42 Å². The summed E-state index contributed by atoms with van der Waals surface area (Å²) in [6.45, 7) is 4.95. The van der Waals surface area contributed by atoms with E-state index in [1.807, 2.05) is 6.92 Å². The van der Waals surface area contributed by atoms with Crippen LogP contribution in [0.2, 0.25) is 0 Å². The number of aliphatic hydroxyl groups is 1. The molecule has 1 rings (SSSR count). The first-order valence-electron chi connectivity index (χ1n) is 5.17. The van der Waals surface area contributed by atoms with Crippen LogP contribution in [0.4, 0.5) is 0 Å². The van der Waals surface area contributed by atoms with Gasteiger partial charge in [-0.1, -0.05) is 13.3 Å². The summed E-state index contributed by atoms with van der Waals surface area (Å²) in [5.74, 6) is -0.703. The predicted molar refractivity (Wildman–Crippen MR) is 52.8 cm³/mol. The van der Waals surface area contributed by atoms with Gasteiger partial charge < -0.3 is 5.11 Å². The first-order chi connectivity index (χ1) is 6.41. The van der Waals surface area contributed by atoms with E-state index in [1.165, 1.54) is 13.8 Å². The van der Waals surface area contributed by atoms with E-state index in [1.54, 1.807) is 0 Å². The Kier molecular flexibility index (Phi) is 3.10. The van der Waals surface area contributed by atoms with Crippen molar-refractivity contribution >= 4 is 11.6 Å². The number of ketones is 2. The molecule has 0 unspecified atom stereocenters. The van der Waals surface area contributed by atoms with Crippen molar-refractivity contribution in [3.05, 3.63) is 0 Å². The summed E-state index contributed by atoms with van der Waals surface area (Å²) in [7, 11) is 0. The fourth-order valence-electron chi connectivity index (χ4n) is 2.56. The number of carbonyl (C=O) groups is 2. The molecule has 0 aromatic rings. The van der Waals surface area contributed by atoms with Gasteiger partial charge in [0.1, 0.15) is 11.4 Å². The molecular formula is C11H18O3. The first kappa shape index (κ1) is 11.4. The van der Waals surface area contributed by atoms with Gasteiger partial charge in [0.05, 0.1) is 5.92 Å². The Morgan fingerprint density at radius 2 is 2.21 bits per heavy atom. The van der Waals surface area contributed by atoms with E-state index in [0.717, 1.165) is 12.8 Å². The van der Waals surface area contributed by atoms with Gasteiger partial charge in [-0.25, -0.2) is 0 Å². The molecule has 1 fully saturated rings. The second-order valence-electron chi connectivity index (χ2n) is 4.41. The molecule has 3 heteroatoms. The number of carbonyl (C=O) groups excluding carboxylic acids is 2. The molecule has 80 valence electrons. The molecule has 1 N–H and O–H groups in total. The third-order valence-corrected chi connectivity index (χ3v) is 3.19. The Bertz CT molecular complexity index is 255. The molecule has 0 bridgehead atoms. The van der Waals surface area contributed by atoms with Gasteiger partial charge in [-0.15, -0.1) is 0 Å². The minimum absolute atomic E-state index is 0.0417. The quantitative estimate of drug-likeness (QED) is 0.744. The van der Waals surface area contributed by atoms with Crippen molar-refractivity contribution in [1.82, 2.24) is 0 Å². The SMILES string of the molecule is CCC[C@@H]1CC(=O)[C@](C)(O)[C@@H]1C(C)=O. The van der Waals surface area contributed by atoms with Gasteiger partial charge in [-0.3, -0.25) is 9.59 Å². The van der Waals surface area contributed by atoms with Crippen LogP contribution in [0.15, 0.2) is 0 Å². The van der Waals surface area contributed by atoms with E-state index in [-0.39, 0.29) is 17.5 Å². The Morgan fingerprint density at radius 1 is 1.64 bits per heavy atom. The van der Waals surface area contributed by atoms with E-state index in [2.05, 4.69) is 0 Å². The fourth-order valence-corrected chi connectivity index (χ4v) is 2.56. The molecule has 3 nitrogen and oxygen atoms in total. The van der Waals surface area contributed by atoms with E-state index in [9.17, 15) is 14.7 Å². The zero-order chi connectivity index (χ0) is 10.9. The summed E-state index contributed by atoms with van der Waals surface area (Å²) < 4.78 is 0. The highest BCUT2D eigenvalue weighted by Gasteiger charge is 2.52. The van der Waals surface area contributed by atoms with Crippen molar-refractivity contribution in [2.75, 3.05) is 0 Å². The summed E-state index contributed by atoms with van der Waals surface area (Å²) >= 11 is 0. The zero-order valence-electron chi connectivity index (χ0n) is 9.04. The lowest BCUT2D eigenvalue weighted by Gasteiger charge is -2.25. The van der Waals surface area contributed by atoms with Crippen molar-refractivity contribution in [3.63, 3.8) is 0 Å². The molecule has 1 saturated carbocycles. The number of Topliss-reactive ketones (excluding diaryl/α,β-unsaturated/α-hetero) is 2. The standard InChI is InChI=1S/C11H18O3/c1-4-5-8-6-9(13)11(3,14)10(8)7(2)12/h8,10,14H,4-6H2,1-3H3/t8-,10-,11+/m1/s1. The maximum absolute atomic E-state index is 11.5. The Hall–Kier alpha value is -0.700. The molecule has 0 aromatic carbocycles. The lowest BCUT2D eigenvalue weighted by atomic mass is 9.82. The molecule has 14 heavy (non-hydrogen) atoms. The summed E-state index contributed by atoms with van der Waals surface area (Å²) in [5, 5.41) is 9.92. The van der Waals surface area contributed by atoms with Crippen molar-refractivity contribution < 1.29 is 14.7 Å². The average Bonchev–Trinajstić information content (AvgIpc) is 2.23. The third-order valence-electron chi connectivity index (χ3n) is 3.19. The normalized spacial score (nSPS) is 37.6. The molecule has 3 atom stereocenters. The largest absolute Gasteiger partial charge is 0.382 e. The van der Waals surface area contributed by atoms with Crippen LogP contribution >= 0.6 is 0 Å². The maximum atomic E-state index is 11.5. The minimum atomic E-state index is -1.42. The molecule has 0 amide bonds. The van der Waals surface area contributed by atoms with Crippen molar-refractivity contribution in [2.24, 2.45) is 11.8 Å². The van der Waals surface area contributed by atoms with Crippen LogP contribution < -0.4 is 0 Å². The fraction of sp³-hybridized carbons (Fsp3) is 0.818. The molecular weight excluding hydrogens is 180 g/mol. The lowest BCUT2D eigenvalue weighted by Crippen LogP contribution is -2.41. The summed E-state index contributed by atoms with van der Waals surface area (Å²) in [5.41, 5.74) is -1.42. The highest BCUT2D eigenvalue weighted by Crippen LogP contribution is 2.40. The first-order valence-corrected chi connectivity index (χ1v) is 5.17.